The Morgan fingerprint density at radius 2 is 1.83 bits per heavy atom. The smallest absolute Gasteiger partial charge is 0.322 e. The van der Waals surface area contributed by atoms with Crippen LogP contribution in [0.4, 0.5) is 4.79 Å². The van der Waals surface area contributed by atoms with Crippen LogP contribution in [0.3, 0.4) is 0 Å². The van der Waals surface area contributed by atoms with Crippen molar-refractivity contribution in [1.82, 2.24) is 20.1 Å². The van der Waals surface area contributed by atoms with E-state index in [1.807, 2.05) is 0 Å². The van der Waals surface area contributed by atoms with Gasteiger partial charge in [-0.1, -0.05) is 25.8 Å². The van der Waals surface area contributed by atoms with Crippen molar-refractivity contribution >= 4 is 27.9 Å². The number of imide groups is 1. The first-order chi connectivity index (χ1) is 13.7. The van der Waals surface area contributed by atoms with Gasteiger partial charge in [0, 0.05) is 18.7 Å². The molecule has 2 N–H and O–H groups in total. The Hall–Kier alpha value is -2.46. The predicted octanol–water partition coefficient (Wildman–Crippen LogP) is 1.62. The van der Waals surface area contributed by atoms with E-state index in [0.717, 1.165) is 25.7 Å². The van der Waals surface area contributed by atoms with E-state index in [1.165, 1.54) is 28.6 Å². The number of hydrazine groups is 1. The van der Waals surface area contributed by atoms with E-state index in [9.17, 15) is 22.8 Å². The molecule has 3 rings (SSSR count). The van der Waals surface area contributed by atoms with E-state index in [1.54, 1.807) is 13.8 Å². The molecule has 0 aliphatic carbocycles. The van der Waals surface area contributed by atoms with Crippen molar-refractivity contribution in [2.45, 2.75) is 56.4 Å². The van der Waals surface area contributed by atoms with Crippen molar-refractivity contribution in [2.75, 3.05) is 13.1 Å². The van der Waals surface area contributed by atoms with Crippen LogP contribution in [-0.4, -0.2) is 54.2 Å². The third kappa shape index (κ3) is 4.13. The average Bonchev–Trinajstić information content (AvgIpc) is 2.92. The van der Waals surface area contributed by atoms with Crippen LogP contribution in [-0.2, 0) is 14.8 Å². The molecule has 0 aromatic heterocycles. The lowest BCUT2D eigenvalue weighted by Gasteiger charge is -2.21. The zero-order chi connectivity index (χ0) is 21.2. The highest BCUT2D eigenvalue weighted by Crippen LogP contribution is 2.22. The standard InChI is InChI=1S/C19H26N4O5S/c1-3-19(2)17(25)23(18(26)20-19)21-16(24)14-9-8-10-15(13-14)29(27,28)22-11-6-4-5-7-12-22/h8-10,13H,3-7,11-12H2,1-2H3,(H,20,26)(H,21,24)/t19-/m0/s1. The highest BCUT2D eigenvalue weighted by Gasteiger charge is 2.47. The summed E-state index contributed by atoms with van der Waals surface area (Å²) in [6, 6.07) is 4.91. The van der Waals surface area contributed by atoms with E-state index in [2.05, 4.69) is 10.7 Å². The Balaban J connectivity index is 1.79. The third-order valence-corrected chi connectivity index (χ3v) is 7.38. The van der Waals surface area contributed by atoms with Gasteiger partial charge >= 0.3 is 6.03 Å². The molecule has 0 spiro atoms. The maximum Gasteiger partial charge on any atom is 0.344 e. The van der Waals surface area contributed by atoms with E-state index >= 15 is 0 Å². The second kappa shape index (κ2) is 8.11. The summed E-state index contributed by atoms with van der Waals surface area (Å²) in [5.74, 6) is -1.30. The minimum Gasteiger partial charge on any atom is -0.322 e. The van der Waals surface area contributed by atoms with E-state index in [-0.39, 0.29) is 10.5 Å². The molecule has 2 saturated heterocycles. The van der Waals surface area contributed by atoms with Gasteiger partial charge in [-0.3, -0.25) is 15.0 Å². The third-order valence-electron chi connectivity index (χ3n) is 5.48. The molecule has 0 unspecified atom stereocenters. The molecule has 2 aliphatic rings. The van der Waals surface area contributed by atoms with Gasteiger partial charge in [-0.25, -0.2) is 13.2 Å². The number of rotatable bonds is 5. The van der Waals surface area contributed by atoms with E-state index < -0.39 is 33.4 Å². The Labute approximate surface area is 170 Å². The summed E-state index contributed by atoms with van der Waals surface area (Å²) in [4.78, 5) is 37.1. The summed E-state index contributed by atoms with van der Waals surface area (Å²) in [5.41, 5.74) is 1.24. The van der Waals surface area contributed by atoms with Crippen LogP contribution in [0.1, 0.15) is 56.3 Å². The second-order valence-corrected chi connectivity index (χ2v) is 9.48. The Kier molecular flexibility index (Phi) is 5.95. The fraction of sp³-hybridized carbons (Fsp3) is 0.526. The van der Waals surface area contributed by atoms with Crippen molar-refractivity contribution in [1.29, 1.82) is 0 Å². The van der Waals surface area contributed by atoms with Gasteiger partial charge in [0.2, 0.25) is 10.0 Å². The largest absolute Gasteiger partial charge is 0.344 e. The number of carbonyl (C=O) groups excluding carboxylic acids is 3. The maximum absolute atomic E-state index is 13.0. The zero-order valence-corrected chi connectivity index (χ0v) is 17.4. The molecule has 9 nitrogen and oxygen atoms in total. The molecular formula is C19H26N4O5S. The Bertz CT molecular complexity index is 924. The molecule has 2 fully saturated rings. The van der Waals surface area contributed by atoms with Gasteiger partial charge in [0.1, 0.15) is 5.54 Å². The van der Waals surface area contributed by atoms with Gasteiger partial charge in [-0.05, 0) is 44.4 Å². The van der Waals surface area contributed by atoms with E-state index in [4.69, 9.17) is 0 Å². The first-order valence-electron chi connectivity index (χ1n) is 9.77. The van der Waals surface area contributed by atoms with Crippen molar-refractivity contribution in [3.63, 3.8) is 0 Å². The van der Waals surface area contributed by atoms with Crippen LogP contribution >= 0.6 is 0 Å². The molecule has 29 heavy (non-hydrogen) atoms. The van der Waals surface area contributed by atoms with Crippen molar-refractivity contribution in [2.24, 2.45) is 0 Å². The number of amides is 4. The molecule has 4 amide bonds. The second-order valence-electron chi connectivity index (χ2n) is 7.54. The number of hydrogen-bond acceptors (Lipinski definition) is 5. The number of hydrogen-bond donors (Lipinski definition) is 2. The maximum atomic E-state index is 13.0. The van der Waals surface area contributed by atoms with Crippen LogP contribution in [0.15, 0.2) is 29.2 Å². The van der Waals surface area contributed by atoms with Gasteiger partial charge in [-0.2, -0.15) is 9.31 Å². The molecule has 1 atom stereocenters. The first kappa shape index (κ1) is 21.3. The zero-order valence-electron chi connectivity index (χ0n) is 16.6. The van der Waals surface area contributed by atoms with Crippen molar-refractivity contribution in [3.05, 3.63) is 29.8 Å². The van der Waals surface area contributed by atoms with Gasteiger partial charge in [0.05, 0.1) is 4.90 Å². The molecule has 0 bridgehead atoms. The summed E-state index contributed by atoms with van der Waals surface area (Å²) in [6.45, 7) is 4.24. The molecule has 0 saturated carbocycles. The number of carbonyl (C=O) groups is 3. The summed E-state index contributed by atoms with van der Waals surface area (Å²) < 4.78 is 27.4. The van der Waals surface area contributed by atoms with Gasteiger partial charge in [0.25, 0.3) is 11.8 Å². The lowest BCUT2D eigenvalue weighted by molar-refractivity contribution is -0.132. The molecule has 1 aromatic rings. The number of benzene rings is 1. The molecule has 10 heteroatoms. The highest BCUT2D eigenvalue weighted by molar-refractivity contribution is 7.89. The van der Waals surface area contributed by atoms with Crippen molar-refractivity contribution in [3.8, 4) is 0 Å². The Morgan fingerprint density at radius 3 is 2.41 bits per heavy atom. The predicted molar refractivity (Wildman–Crippen MR) is 105 cm³/mol. The monoisotopic (exact) mass is 422 g/mol. The average molecular weight is 423 g/mol. The SMILES string of the molecule is CC[C@]1(C)NC(=O)N(NC(=O)c2cccc(S(=O)(=O)N3CCCCCC3)c2)C1=O. The summed E-state index contributed by atoms with van der Waals surface area (Å²) >= 11 is 0. The summed E-state index contributed by atoms with van der Waals surface area (Å²) in [7, 11) is -3.72. The molecule has 2 heterocycles. The number of urea groups is 1. The highest BCUT2D eigenvalue weighted by atomic mass is 32.2. The van der Waals surface area contributed by atoms with Crippen LogP contribution in [0.5, 0.6) is 0 Å². The fourth-order valence-electron chi connectivity index (χ4n) is 3.42. The molecule has 0 radical (unpaired) electrons. The van der Waals surface area contributed by atoms with Crippen LogP contribution in [0.2, 0.25) is 0 Å². The molecular weight excluding hydrogens is 396 g/mol. The fourth-order valence-corrected chi connectivity index (χ4v) is 4.98. The quantitative estimate of drug-likeness (QED) is 0.700. The summed E-state index contributed by atoms with van der Waals surface area (Å²) in [6.07, 6.45) is 3.98. The first-order valence-corrected chi connectivity index (χ1v) is 11.2. The molecule has 1 aromatic carbocycles. The summed E-state index contributed by atoms with van der Waals surface area (Å²) in [5, 5.41) is 3.18. The van der Waals surface area contributed by atoms with Gasteiger partial charge in [0.15, 0.2) is 0 Å². The van der Waals surface area contributed by atoms with Gasteiger partial charge in [-0.15, -0.1) is 0 Å². The number of nitrogens with zero attached hydrogens (tertiary/aromatic N) is 2. The van der Waals surface area contributed by atoms with E-state index in [0.29, 0.717) is 24.5 Å². The topological polar surface area (TPSA) is 116 Å². The van der Waals surface area contributed by atoms with Crippen LogP contribution in [0, 0.1) is 0 Å². The minimum atomic E-state index is -3.72. The van der Waals surface area contributed by atoms with Crippen LogP contribution in [0.25, 0.3) is 0 Å². The lowest BCUT2D eigenvalue weighted by atomic mass is 10.00. The van der Waals surface area contributed by atoms with Crippen LogP contribution < -0.4 is 10.7 Å². The lowest BCUT2D eigenvalue weighted by Crippen LogP contribution is -2.48. The normalized spacial score (nSPS) is 23.6. The Morgan fingerprint density at radius 1 is 1.17 bits per heavy atom. The number of sulfonamides is 1. The molecule has 158 valence electrons. The van der Waals surface area contributed by atoms with Gasteiger partial charge < -0.3 is 5.32 Å². The minimum absolute atomic E-state index is 0.0163. The van der Waals surface area contributed by atoms with Crippen molar-refractivity contribution < 1.29 is 22.8 Å². The number of nitrogens with one attached hydrogen (secondary N) is 2. The molecule has 2 aliphatic heterocycles.